The molecule has 2 saturated carbocycles. The van der Waals surface area contributed by atoms with Crippen LogP contribution in [0.5, 0.6) is 0 Å². The molecule has 0 aromatic heterocycles. The van der Waals surface area contributed by atoms with Crippen LogP contribution in [0.4, 0.5) is 0 Å². The monoisotopic (exact) mass is 178 g/mol. The van der Waals surface area contributed by atoms with Gasteiger partial charge in [-0.2, -0.15) is 0 Å². The first-order valence-electron chi connectivity index (χ1n) is 5.50. The van der Waals surface area contributed by atoms with Gasteiger partial charge in [0.1, 0.15) is 0 Å². The Labute approximate surface area is 79.8 Å². The van der Waals surface area contributed by atoms with Gasteiger partial charge in [0.25, 0.3) is 0 Å². The summed E-state index contributed by atoms with van der Waals surface area (Å²) in [6, 6.07) is 0. The van der Waals surface area contributed by atoms with E-state index < -0.39 is 0 Å². The van der Waals surface area contributed by atoms with Crippen molar-refractivity contribution in [3.8, 4) is 0 Å². The van der Waals surface area contributed by atoms with Crippen LogP contribution in [-0.2, 0) is 0 Å². The Bertz CT molecular complexity index is 291. The van der Waals surface area contributed by atoms with Crippen LogP contribution in [0.15, 0.2) is 11.1 Å². The molecular formula is C12H18O. The zero-order valence-corrected chi connectivity index (χ0v) is 8.51. The van der Waals surface area contributed by atoms with Crippen LogP contribution in [0.3, 0.4) is 0 Å². The Kier molecular flexibility index (Phi) is 1.36. The van der Waals surface area contributed by atoms with E-state index in [0.29, 0.717) is 0 Å². The number of allylic oxidation sites excluding steroid dienone is 1. The van der Waals surface area contributed by atoms with Crippen molar-refractivity contribution in [1.82, 2.24) is 0 Å². The lowest BCUT2D eigenvalue weighted by molar-refractivity contribution is 0.0315. The predicted octanol–water partition coefficient (Wildman–Crippen LogP) is 2.50. The lowest BCUT2D eigenvalue weighted by Gasteiger charge is -2.34. The number of rotatable bonds is 0. The van der Waals surface area contributed by atoms with E-state index in [1.54, 1.807) is 11.1 Å². The van der Waals surface area contributed by atoms with E-state index in [1.165, 1.54) is 19.3 Å². The molecule has 13 heavy (non-hydrogen) atoms. The van der Waals surface area contributed by atoms with Crippen molar-refractivity contribution in [2.45, 2.75) is 45.6 Å². The van der Waals surface area contributed by atoms with E-state index in [4.69, 9.17) is 0 Å². The van der Waals surface area contributed by atoms with E-state index in [1.807, 2.05) is 0 Å². The molecule has 0 radical (unpaired) electrons. The minimum Gasteiger partial charge on any atom is -0.392 e. The maximum Gasteiger partial charge on any atom is 0.0639 e. The molecule has 0 aliphatic heterocycles. The maximum atomic E-state index is 9.98. The molecule has 2 fully saturated rings. The molecule has 0 saturated heterocycles. The highest BCUT2D eigenvalue weighted by Gasteiger charge is 2.55. The van der Waals surface area contributed by atoms with Gasteiger partial charge in [-0.3, -0.25) is 0 Å². The summed E-state index contributed by atoms with van der Waals surface area (Å²) >= 11 is 0. The highest BCUT2D eigenvalue weighted by molar-refractivity contribution is 5.37. The van der Waals surface area contributed by atoms with E-state index in [-0.39, 0.29) is 11.5 Å². The fraction of sp³-hybridized carbons (Fsp3) is 0.833. The Morgan fingerprint density at radius 1 is 1.38 bits per heavy atom. The Morgan fingerprint density at radius 2 is 2.15 bits per heavy atom. The molecule has 3 rings (SSSR count). The van der Waals surface area contributed by atoms with E-state index in [0.717, 1.165) is 18.3 Å². The van der Waals surface area contributed by atoms with Gasteiger partial charge in [0.2, 0.25) is 0 Å². The van der Waals surface area contributed by atoms with Crippen LogP contribution in [-0.4, -0.2) is 11.2 Å². The first kappa shape index (κ1) is 8.05. The topological polar surface area (TPSA) is 20.2 Å². The Morgan fingerprint density at radius 3 is 2.92 bits per heavy atom. The summed E-state index contributed by atoms with van der Waals surface area (Å²) in [5.74, 6) is 1.60. The molecule has 1 N–H and O–H groups in total. The number of hydrogen-bond donors (Lipinski definition) is 1. The molecule has 2 bridgehead atoms. The van der Waals surface area contributed by atoms with Crippen LogP contribution in [0.1, 0.15) is 39.5 Å². The molecule has 1 heteroatoms. The molecule has 4 unspecified atom stereocenters. The highest BCUT2D eigenvalue weighted by atomic mass is 16.3. The smallest absolute Gasteiger partial charge is 0.0639 e. The summed E-state index contributed by atoms with van der Waals surface area (Å²) in [4.78, 5) is 0. The second-order valence-corrected chi connectivity index (χ2v) is 5.63. The molecule has 1 nitrogen and oxygen atoms in total. The second-order valence-electron chi connectivity index (χ2n) is 5.63. The molecule has 3 aliphatic carbocycles. The standard InChI is InChI=1S/C12H18O/c1-7-3-9-8-5-11(13)12(2,6-8)10(9)4-7/h7,10-11,13H,3-6H2,1-2H3. The van der Waals surface area contributed by atoms with Crippen molar-refractivity contribution in [2.75, 3.05) is 0 Å². The molecule has 3 aliphatic rings. The normalized spacial score (nSPS) is 53.3. The molecular weight excluding hydrogens is 160 g/mol. The minimum atomic E-state index is -0.0402. The van der Waals surface area contributed by atoms with Gasteiger partial charge in [-0.25, -0.2) is 0 Å². The summed E-state index contributed by atoms with van der Waals surface area (Å²) < 4.78 is 0. The van der Waals surface area contributed by atoms with Gasteiger partial charge in [-0.1, -0.05) is 25.0 Å². The SMILES string of the molecule is CC1CC2=C3CC(O)C(C)(C3)C2C1. The van der Waals surface area contributed by atoms with Crippen LogP contribution in [0.25, 0.3) is 0 Å². The van der Waals surface area contributed by atoms with Crippen molar-refractivity contribution < 1.29 is 5.11 Å². The lowest BCUT2D eigenvalue weighted by Crippen LogP contribution is -2.34. The summed E-state index contributed by atoms with van der Waals surface area (Å²) in [5.41, 5.74) is 3.58. The number of hydrogen-bond acceptors (Lipinski definition) is 1. The Balaban J connectivity index is 2.05. The average molecular weight is 178 g/mol. The summed E-state index contributed by atoms with van der Waals surface area (Å²) in [7, 11) is 0. The zero-order valence-electron chi connectivity index (χ0n) is 8.51. The summed E-state index contributed by atoms with van der Waals surface area (Å²) in [5, 5.41) is 9.98. The van der Waals surface area contributed by atoms with Crippen molar-refractivity contribution in [2.24, 2.45) is 17.3 Å². The first-order valence-corrected chi connectivity index (χ1v) is 5.50. The van der Waals surface area contributed by atoms with Crippen LogP contribution >= 0.6 is 0 Å². The number of fused-ring (bicyclic) bond motifs is 4. The van der Waals surface area contributed by atoms with Gasteiger partial charge in [0.15, 0.2) is 0 Å². The second kappa shape index (κ2) is 2.20. The van der Waals surface area contributed by atoms with Gasteiger partial charge < -0.3 is 5.11 Å². The third-order valence-corrected chi connectivity index (χ3v) is 4.67. The molecule has 4 atom stereocenters. The number of aliphatic hydroxyl groups excluding tert-OH is 1. The van der Waals surface area contributed by atoms with E-state index in [9.17, 15) is 5.11 Å². The van der Waals surface area contributed by atoms with Crippen LogP contribution in [0, 0.1) is 17.3 Å². The first-order chi connectivity index (χ1) is 6.11. The predicted molar refractivity (Wildman–Crippen MR) is 52.3 cm³/mol. The van der Waals surface area contributed by atoms with Crippen molar-refractivity contribution in [1.29, 1.82) is 0 Å². The largest absolute Gasteiger partial charge is 0.392 e. The van der Waals surface area contributed by atoms with Crippen molar-refractivity contribution >= 4 is 0 Å². The zero-order chi connectivity index (χ0) is 9.22. The third kappa shape index (κ3) is 0.817. The van der Waals surface area contributed by atoms with Crippen molar-refractivity contribution in [3.63, 3.8) is 0 Å². The van der Waals surface area contributed by atoms with Gasteiger partial charge in [-0.05, 0) is 37.5 Å². The summed E-state index contributed by atoms with van der Waals surface area (Å²) in [6.45, 7) is 4.64. The number of aliphatic hydroxyl groups is 1. The average Bonchev–Trinajstić information content (AvgIpc) is 2.60. The van der Waals surface area contributed by atoms with Gasteiger partial charge in [0.05, 0.1) is 6.10 Å². The molecule has 0 amide bonds. The Hall–Kier alpha value is -0.300. The summed E-state index contributed by atoms with van der Waals surface area (Å²) in [6.07, 6.45) is 4.78. The maximum absolute atomic E-state index is 9.98. The molecule has 0 aromatic rings. The third-order valence-electron chi connectivity index (χ3n) is 4.67. The fourth-order valence-corrected chi connectivity index (χ4v) is 3.92. The minimum absolute atomic E-state index is 0.0402. The highest BCUT2D eigenvalue weighted by Crippen LogP contribution is 2.63. The van der Waals surface area contributed by atoms with Gasteiger partial charge in [0, 0.05) is 5.41 Å². The van der Waals surface area contributed by atoms with Crippen molar-refractivity contribution in [3.05, 3.63) is 11.1 Å². The molecule has 0 spiro atoms. The molecule has 72 valence electrons. The lowest BCUT2D eigenvalue weighted by atomic mass is 9.73. The van der Waals surface area contributed by atoms with Crippen LogP contribution in [0.2, 0.25) is 0 Å². The quantitative estimate of drug-likeness (QED) is 0.565. The van der Waals surface area contributed by atoms with Gasteiger partial charge >= 0.3 is 0 Å². The van der Waals surface area contributed by atoms with Gasteiger partial charge in [-0.15, -0.1) is 0 Å². The fourth-order valence-electron chi connectivity index (χ4n) is 3.92. The molecule has 0 aromatic carbocycles. The van der Waals surface area contributed by atoms with E-state index in [2.05, 4.69) is 13.8 Å². The van der Waals surface area contributed by atoms with Crippen LogP contribution < -0.4 is 0 Å². The molecule has 0 heterocycles. The van der Waals surface area contributed by atoms with E-state index >= 15 is 0 Å².